The lowest BCUT2D eigenvalue weighted by atomic mass is 10.1. The van der Waals surface area contributed by atoms with Crippen LogP contribution in [0.1, 0.15) is 42.8 Å². The lowest BCUT2D eigenvalue weighted by molar-refractivity contribution is 0.0833. The standard InChI is InChI=1S/C15H19N3O3/c1-2-20-13(10-6-4-3-5-7-10)14-17-15(21-18-14)12-8-11(19)9-16-12/h3-7,11-13,16,19H,2,8-9H2,1H3/t11?,12-,13?/m0/s1. The van der Waals surface area contributed by atoms with Crippen molar-refractivity contribution >= 4 is 0 Å². The van der Waals surface area contributed by atoms with E-state index >= 15 is 0 Å². The molecule has 6 nitrogen and oxygen atoms in total. The van der Waals surface area contributed by atoms with Crippen molar-refractivity contribution in [1.82, 2.24) is 15.5 Å². The minimum Gasteiger partial charge on any atom is -0.392 e. The van der Waals surface area contributed by atoms with Gasteiger partial charge in [0.1, 0.15) is 6.10 Å². The molecule has 112 valence electrons. The van der Waals surface area contributed by atoms with Crippen LogP contribution in [-0.4, -0.2) is 34.5 Å². The molecule has 0 spiro atoms. The van der Waals surface area contributed by atoms with Gasteiger partial charge in [0.05, 0.1) is 12.1 Å². The van der Waals surface area contributed by atoms with Crippen LogP contribution < -0.4 is 5.32 Å². The van der Waals surface area contributed by atoms with Gasteiger partial charge in [0.15, 0.2) is 0 Å². The molecule has 6 heteroatoms. The molecule has 1 aliphatic heterocycles. The van der Waals surface area contributed by atoms with E-state index in [9.17, 15) is 5.11 Å². The summed E-state index contributed by atoms with van der Waals surface area (Å²) in [4.78, 5) is 4.45. The molecule has 1 aliphatic rings. The summed E-state index contributed by atoms with van der Waals surface area (Å²) < 4.78 is 11.1. The predicted molar refractivity (Wildman–Crippen MR) is 75.6 cm³/mol. The number of hydrogen-bond donors (Lipinski definition) is 2. The maximum atomic E-state index is 9.56. The van der Waals surface area contributed by atoms with Crippen LogP contribution in [-0.2, 0) is 4.74 Å². The lowest BCUT2D eigenvalue weighted by Crippen LogP contribution is -2.15. The normalized spacial score (nSPS) is 23.3. The van der Waals surface area contributed by atoms with Gasteiger partial charge in [-0.25, -0.2) is 0 Å². The summed E-state index contributed by atoms with van der Waals surface area (Å²) in [6.45, 7) is 3.05. The van der Waals surface area contributed by atoms with Gasteiger partial charge in [0, 0.05) is 13.2 Å². The van der Waals surface area contributed by atoms with E-state index in [1.807, 2.05) is 37.3 Å². The largest absolute Gasteiger partial charge is 0.392 e. The monoisotopic (exact) mass is 289 g/mol. The predicted octanol–water partition coefficient (Wildman–Crippen LogP) is 1.59. The average Bonchev–Trinajstić information content (AvgIpc) is 3.14. The number of benzene rings is 1. The van der Waals surface area contributed by atoms with E-state index in [0.29, 0.717) is 31.3 Å². The fourth-order valence-corrected chi connectivity index (χ4v) is 2.51. The minimum atomic E-state index is -0.359. The van der Waals surface area contributed by atoms with Crippen molar-refractivity contribution in [3.05, 3.63) is 47.6 Å². The van der Waals surface area contributed by atoms with Crippen LogP contribution in [0.4, 0.5) is 0 Å². The molecule has 0 bridgehead atoms. The third kappa shape index (κ3) is 3.12. The summed E-state index contributed by atoms with van der Waals surface area (Å²) in [5.41, 5.74) is 0.992. The summed E-state index contributed by atoms with van der Waals surface area (Å²) in [5, 5.41) is 16.8. The Morgan fingerprint density at radius 2 is 2.24 bits per heavy atom. The Hall–Kier alpha value is -1.76. The van der Waals surface area contributed by atoms with Crippen molar-refractivity contribution in [3.63, 3.8) is 0 Å². The molecule has 2 heterocycles. The summed E-state index contributed by atoms with van der Waals surface area (Å²) >= 11 is 0. The van der Waals surface area contributed by atoms with Crippen LogP contribution in [0, 0.1) is 0 Å². The second-order valence-electron chi connectivity index (χ2n) is 5.09. The zero-order valence-corrected chi connectivity index (χ0v) is 11.9. The SMILES string of the molecule is CCOC(c1ccccc1)c1noc([C@@H]2CC(O)CN2)n1. The van der Waals surface area contributed by atoms with Gasteiger partial charge in [-0.05, 0) is 18.9 Å². The lowest BCUT2D eigenvalue weighted by Gasteiger charge is -2.13. The van der Waals surface area contributed by atoms with Crippen LogP contribution in [0.15, 0.2) is 34.9 Å². The molecule has 2 aromatic rings. The molecule has 3 rings (SSSR count). The number of ether oxygens (including phenoxy) is 1. The molecule has 1 saturated heterocycles. The second-order valence-corrected chi connectivity index (χ2v) is 5.09. The minimum absolute atomic E-state index is 0.0840. The first-order valence-electron chi connectivity index (χ1n) is 7.19. The highest BCUT2D eigenvalue weighted by molar-refractivity contribution is 5.22. The Labute approximate surface area is 123 Å². The molecule has 21 heavy (non-hydrogen) atoms. The molecular weight excluding hydrogens is 270 g/mol. The van der Waals surface area contributed by atoms with Crippen molar-refractivity contribution in [2.24, 2.45) is 0 Å². The Kier molecular flexibility index (Phi) is 4.28. The molecule has 0 amide bonds. The van der Waals surface area contributed by atoms with Gasteiger partial charge < -0.3 is 19.7 Å². The molecule has 0 saturated carbocycles. The third-order valence-electron chi connectivity index (χ3n) is 3.53. The van der Waals surface area contributed by atoms with E-state index in [2.05, 4.69) is 15.5 Å². The van der Waals surface area contributed by atoms with Gasteiger partial charge in [-0.2, -0.15) is 4.98 Å². The number of rotatable bonds is 5. The molecular formula is C15H19N3O3. The van der Waals surface area contributed by atoms with Gasteiger partial charge in [-0.3, -0.25) is 0 Å². The summed E-state index contributed by atoms with van der Waals surface area (Å²) in [6, 6.07) is 9.74. The fraction of sp³-hybridized carbons (Fsp3) is 0.467. The van der Waals surface area contributed by atoms with E-state index in [1.165, 1.54) is 0 Å². The summed E-state index contributed by atoms with van der Waals surface area (Å²) in [6.07, 6.45) is -0.103. The molecule has 2 unspecified atom stereocenters. The van der Waals surface area contributed by atoms with Crippen molar-refractivity contribution in [1.29, 1.82) is 0 Å². The Bertz CT molecular complexity index is 573. The molecule has 1 aromatic heterocycles. The first-order valence-corrected chi connectivity index (χ1v) is 7.19. The quantitative estimate of drug-likeness (QED) is 0.870. The zero-order chi connectivity index (χ0) is 14.7. The van der Waals surface area contributed by atoms with E-state index in [-0.39, 0.29) is 18.2 Å². The van der Waals surface area contributed by atoms with Gasteiger partial charge >= 0.3 is 0 Å². The van der Waals surface area contributed by atoms with Crippen LogP contribution >= 0.6 is 0 Å². The van der Waals surface area contributed by atoms with Crippen LogP contribution in [0.5, 0.6) is 0 Å². The topological polar surface area (TPSA) is 80.4 Å². The van der Waals surface area contributed by atoms with Crippen molar-refractivity contribution in [2.45, 2.75) is 31.6 Å². The highest BCUT2D eigenvalue weighted by Gasteiger charge is 2.29. The molecule has 0 aliphatic carbocycles. The van der Waals surface area contributed by atoms with Crippen molar-refractivity contribution in [2.75, 3.05) is 13.2 Å². The molecule has 2 N–H and O–H groups in total. The highest BCUT2D eigenvalue weighted by atomic mass is 16.5. The van der Waals surface area contributed by atoms with E-state index in [1.54, 1.807) is 0 Å². The Balaban J connectivity index is 1.82. The molecule has 1 aromatic carbocycles. The number of aromatic nitrogens is 2. The fourth-order valence-electron chi connectivity index (χ4n) is 2.51. The van der Waals surface area contributed by atoms with Gasteiger partial charge in [-0.1, -0.05) is 35.5 Å². The first kappa shape index (κ1) is 14.2. The van der Waals surface area contributed by atoms with E-state index < -0.39 is 0 Å². The van der Waals surface area contributed by atoms with Crippen molar-refractivity contribution in [3.8, 4) is 0 Å². The first-order chi connectivity index (χ1) is 10.3. The van der Waals surface area contributed by atoms with Gasteiger partial charge in [0.25, 0.3) is 0 Å². The smallest absolute Gasteiger partial charge is 0.243 e. The van der Waals surface area contributed by atoms with Gasteiger partial charge in [0.2, 0.25) is 11.7 Å². The van der Waals surface area contributed by atoms with E-state index in [0.717, 1.165) is 5.56 Å². The van der Waals surface area contributed by atoms with Crippen LogP contribution in [0.25, 0.3) is 0 Å². The molecule has 3 atom stereocenters. The number of nitrogens with one attached hydrogen (secondary N) is 1. The number of aliphatic hydroxyl groups excluding tert-OH is 1. The Morgan fingerprint density at radius 1 is 1.43 bits per heavy atom. The maximum Gasteiger partial charge on any atom is 0.243 e. The molecule has 0 radical (unpaired) electrons. The highest BCUT2D eigenvalue weighted by Crippen LogP contribution is 2.27. The van der Waals surface area contributed by atoms with Crippen LogP contribution in [0.3, 0.4) is 0 Å². The summed E-state index contributed by atoms with van der Waals surface area (Å²) in [5.74, 6) is 1.02. The zero-order valence-electron chi connectivity index (χ0n) is 11.9. The third-order valence-corrected chi connectivity index (χ3v) is 3.53. The summed E-state index contributed by atoms with van der Waals surface area (Å²) in [7, 11) is 0. The van der Waals surface area contributed by atoms with Crippen molar-refractivity contribution < 1.29 is 14.4 Å². The number of hydrogen-bond acceptors (Lipinski definition) is 6. The van der Waals surface area contributed by atoms with E-state index in [4.69, 9.17) is 9.26 Å². The average molecular weight is 289 g/mol. The van der Waals surface area contributed by atoms with Gasteiger partial charge in [-0.15, -0.1) is 0 Å². The number of aliphatic hydroxyl groups is 1. The second kappa shape index (κ2) is 6.34. The number of nitrogens with zero attached hydrogens (tertiary/aromatic N) is 2. The Morgan fingerprint density at radius 3 is 2.90 bits per heavy atom. The van der Waals surface area contributed by atoms with Crippen LogP contribution in [0.2, 0.25) is 0 Å². The number of β-amino-alcohol motifs (C(OH)–C–C–N with tert-alkyl or cyclic N) is 1. The maximum absolute atomic E-state index is 9.56. The molecule has 1 fully saturated rings.